The van der Waals surface area contributed by atoms with Crippen molar-refractivity contribution < 1.29 is 4.74 Å². The molecule has 2 saturated heterocycles. The number of likely N-dealkylation sites (tertiary alicyclic amines) is 1. The fourth-order valence-corrected chi connectivity index (χ4v) is 4.51. The Morgan fingerprint density at radius 1 is 1.31 bits per heavy atom. The molecule has 1 N–H and O–H groups in total. The molecule has 0 aromatic heterocycles. The Morgan fingerprint density at radius 2 is 2.03 bits per heavy atom. The fraction of sp³-hybridized carbons (Fsp3) is 0.682. The van der Waals surface area contributed by atoms with Crippen LogP contribution in [0.3, 0.4) is 0 Å². The van der Waals surface area contributed by atoms with Gasteiger partial charge in [-0.3, -0.25) is 9.89 Å². The molecule has 5 nitrogen and oxygen atoms in total. The van der Waals surface area contributed by atoms with E-state index in [1.807, 2.05) is 13.1 Å². The van der Waals surface area contributed by atoms with Crippen LogP contribution in [0.15, 0.2) is 29.3 Å². The molecule has 3 rings (SSSR count). The lowest BCUT2D eigenvalue weighted by molar-refractivity contribution is 0.0625. The summed E-state index contributed by atoms with van der Waals surface area (Å²) in [6.07, 6.45) is 6.12. The van der Waals surface area contributed by atoms with Crippen LogP contribution < -0.4 is 5.32 Å². The van der Waals surface area contributed by atoms with E-state index in [2.05, 4.69) is 45.4 Å². The smallest absolute Gasteiger partial charge is 0.193 e. The maximum absolute atomic E-state index is 6.27. The summed E-state index contributed by atoms with van der Waals surface area (Å²) in [4.78, 5) is 9.35. The lowest BCUT2D eigenvalue weighted by Gasteiger charge is -2.31. The quantitative estimate of drug-likeness (QED) is 0.319. The number of halogens is 2. The second-order valence-corrected chi connectivity index (χ2v) is 8.44. The van der Waals surface area contributed by atoms with E-state index in [0.29, 0.717) is 6.04 Å². The topological polar surface area (TPSA) is 40.1 Å². The summed E-state index contributed by atoms with van der Waals surface area (Å²) in [5.74, 6) is 1.75. The van der Waals surface area contributed by atoms with Crippen LogP contribution in [0.5, 0.6) is 0 Å². The van der Waals surface area contributed by atoms with E-state index in [0.717, 1.165) is 56.3 Å². The molecule has 0 bridgehead atoms. The van der Waals surface area contributed by atoms with Crippen molar-refractivity contribution >= 4 is 41.5 Å². The number of nitrogens with zero attached hydrogens (tertiary/aromatic N) is 3. The second kappa shape index (κ2) is 13.0. The summed E-state index contributed by atoms with van der Waals surface area (Å²) in [6, 6.07) is 8.61. The second-order valence-electron chi connectivity index (χ2n) is 8.01. The van der Waals surface area contributed by atoms with E-state index in [9.17, 15) is 0 Å². The molecule has 164 valence electrons. The minimum absolute atomic E-state index is 0. The van der Waals surface area contributed by atoms with Crippen molar-refractivity contribution in [1.82, 2.24) is 15.1 Å². The summed E-state index contributed by atoms with van der Waals surface area (Å²) >= 11 is 6.27. The number of ether oxygens (including phenoxy) is 1. The Kier molecular flexibility index (Phi) is 11.0. The van der Waals surface area contributed by atoms with Crippen LogP contribution >= 0.6 is 35.6 Å². The van der Waals surface area contributed by atoms with Gasteiger partial charge in [-0.15, -0.1) is 24.0 Å². The van der Waals surface area contributed by atoms with Gasteiger partial charge in [0.25, 0.3) is 0 Å². The summed E-state index contributed by atoms with van der Waals surface area (Å²) in [5.41, 5.74) is 1.28. The number of rotatable bonds is 7. The Balaban J connectivity index is 0.00000300. The van der Waals surface area contributed by atoms with Crippen molar-refractivity contribution in [2.45, 2.75) is 38.1 Å². The molecule has 2 fully saturated rings. The number of hydrogen-bond donors (Lipinski definition) is 1. The Morgan fingerprint density at radius 3 is 2.69 bits per heavy atom. The van der Waals surface area contributed by atoms with E-state index >= 15 is 0 Å². The molecule has 0 radical (unpaired) electrons. The molecule has 1 unspecified atom stereocenters. The Labute approximate surface area is 198 Å². The highest BCUT2D eigenvalue weighted by Crippen LogP contribution is 2.26. The first-order valence-electron chi connectivity index (χ1n) is 10.7. The first-order chi connectivity index (χ1) is 13.7. The molecular weight excluding hydrogens is 499 g/mol. The van der Waals surface area contributed by atoms with Gasteiger partial charge in [0, 0.05) is 45.4 Å². The summed E-state index contributed by atoms with van der Waals surface area (Å²) in [5, 5.41) is 4.42. The molecule has 0 aliphatic carbocycles. The van der Waals surface area contributed by atoms with Crippen LogP contribution in [0.2, 0.25) is 5.02 Å². The molecule has 2 heterocycles. The van der Waals surface area contributed by atoms with Gasteiger partial charge in [-0.2, -0.15) is 0 Å². The van der Waals surface area contributed by atoms with Crippen molar-refractivity contribution in [2.75, 3.05) is 53.5 Å². The van der Waals surface area contributed by atoms with Gasteiger partial charge in [-0.1, -0.05) is 23.7 Å². The summed E-state index contributed by atoms with van der Waals surface area (Å²) in [7, 11) is 4.01. The van der Waals surface area contributed by atoms with Crippen molar-refractivity contribution in [2.24, 2.45) is 10.9 Å². The number of hydrogen-bond acceptors (Lipinski definition) is 3. The van der Waals surface area contributed by atoms with Crippen molar-refractivity contribution in [3.8, 4) is 0 Å². The molecule has 29 heavy (non-hydrogen) atoms. The van der Waals surface area contributed by atoms with Crippen LogP contribution in [0.4, 0.5) is 0 Å². The molecule has 1 aromatic carbocycles. The SMILES string of the molecule is CN=C(NCC(c1cccc(Cl)c1)N1CCCC1)N(C)CCC1CCOCC1.I. The first kappa shape index (κ1) is 24.7. The van der Waals surface area contributed by atoms with E-state index in [1.165, 1.54) is 37.7 Å². The zero-order valence-corrected chi connectivity index (χ0v) is 20.9. The largest absolute Gasteiger partial charge is 0.381 e. The van der Waals surface area contributed by atoms with Crippen molar-refractivity contribution in [3.05, 3.63) is 34.9 Å². The zero-order chi connectivity index (χ0) is 19.8. The van der Waals surface area contributed by atoms with Gasteiger partial charge in [0.15, 0.2) is 5.96 Å². The average molecular weight is 535 g/mol. The van der Waals surface area contributed by atoms with Gasteiger partial charge in [0.1, 0.15) is 0 Å². The lowest BCUT2D eigenvalue weighted by Crippen LogP contribution is -2.44. The third-order valence-electron chi connectivity index (χ3n) is 6.06. The lowest BCUT2D eigenvalue weighted by atomic mass is 9.96. The Bertz CT molecular complexity index is 633. The predicted octanol–water partition coefficient (Wildman–Crippen LogP) is 4.42. The minimum Gasteiger partial charge on any atom is -0.381 e. The molecule has 0 saturated carbocycles. The molecule has 2 aliphatic rings. The predicted molar refractivity (Wildman–Crippen MR) is 133 cm³/mol. The van der Waals surface area contributed by atoms with Crippen LogP contribution in [0.25, 0.3) is 0 Å². The van der Waals surface area contributed by atoms with Crippen LogP contribution in [-0.2, 0) is 4.74 Å². The number of guanidine groups is 1. The number of nitrogens with one attached hydrogen (secondary N) is 1. The molecule has 1 aromatic rings. The van der Waals surface area contributed by atoms with Gasteiger partial charge in [-0.25, -0.2) is 0 Å². The highest BCUT2D eigenvalue weighted by molar-refractivity contribution is 14.0. The van der Waals surface area contributed by atoms with Crippen LogP contribution in [-0.4, -0.2) is 69.2 Å². The molecule has 0 spiro atoms. The number of benzene rings is 1. The van der Waals surface area contributed by atoms with E-state index in [4.69, 9.17) is 16.3 Å². The van der Waals surface area contributed by atoms with Crippen LogP contribution in [0, 0.1) is 5.92 Å². The molecule has 2 aliphatic heterocycles. The van der Waals surface area contributed by atoms with Crippen LogP contribution in [0.1, 0.15) is 43.7 Å². The maximum Gasteiger partial charge on any atom is 0.193 e. The highest BCUT2D eigenvalue weighted by atomic mass is 127. The molecule has 0 amide bonds. The van der Waals surface area contributed by atoms with Gasteiger partial charge in [-0.05, 0) is 68.8 Å². The summed E-state index contributed by atoms with van der Waals surface area (Å²) in [6.45, 7) is 6.00. The van der Waals surface area contributed by atoms with E-state index in [-0.39, 0.29) is 24.0 Å². The average Bonchev–Trinajstić information content (AvgIpc) is 3.25. The Hall–Kier alpha value is -0.570. The monoisotopic (exact) mass is 534 g/mol. The third-order valence-corrected chi connectivity index (χ3v) is 6.29. The van der Waals surface area contributed by atoms with Gasteiger partial charge in [0.05, 0.1) is 6.04 Å². The normalized spacial score (nSPS) is 19.6. The first-order valence-corrected chi connectivity index (χ1v) is 11.0. The molecule has 1 atom stereocenters. The van der Waals surface area contributed by atoms with Gasteiger partial charge in [0.2, 0.25) is 0 Å². The standard InChI is InChI=1S/C22H35ClN4O.HI/c1-24-22(26(2)13-8-18-9-14-28-15-10-18)25-17-21(27-11-3-4-12-27)19-6-5-7-20(23)16-19;/h5-7,16,18,21H,3-4,8-15,17H2,1-2H3,(H,24,25);1H. The van der Waals surface area contributed by atoms with Gasteiger partial charge < -0.3 is 15.0 Å². The number of aliphatic imine (C=N–C) groups is 1. The van der Waals surface area contributed by atoms with Gasteiger partial charge >= 0.3 is 0 Å². The highest BCUT2D eigenvalue weighted by Gasteiger charge is 2.24. The fourth-order valence-electron chi connectivity index (χ4n) is 4.31. The van der Waals surface area contributed by atoms with E-state index in [1.54, 1.807) is 0 Å². The van der Waals surface area contributed by atoms with Crippen molar-refractivity contribution in [3.63, 3.8) is 0 Å². The third kappa shape index (κ3) is 7.56. The summed E-state index contributed by atoms with van der Waals surface area (Å²) < 4.78 is 5.48. The molecular formula is C22H36ClIN4O. The van der Waals surface area contributed by atoms with Crippen molar-refractivity contribution in [1.29, 1.82) is 0 Å². The minimum atomic E-state index is 0. The van der Waals surface area contributed by atoms with E-state index < -0.39 is 0 Å². The molecule has 7 heteroatoms. The zero-order valence-electron chi connectivity index (χ0n) is 17.8. The maximum atomic E-state index is 6.27.